The highest BCUT2D eigenvalue weighted by Crippen LogP contribution is 2.34. The van der Waals surface area contributed by atoms with Crippen LogP contribution in [0.25, 0.3) is 5.57 Å². The molecule has 4 rings (SSSR count). The zero-order valence-corrected chi connectivity index (χ0v) is 18.5. The van der Waals surface area contributed by atoms with E-state index in [-0.39, 0.29) is 17.4 Å². The maximum Gasteiger partial charge on any atom is 0.291 e. The number of rotatable bonds is 6. The van der Waals surface area contributed by atoms with Crippen LogP contribution in [0.2, 0.25) is 0 Å². The summed E-state index contributed by atoms with van der Waals surface area (Å²) in [6.07, 6.45) is 10.1. The van der Waals surface area contributed by atoms with Crippen LogP contribution in [0.15, 0.2) is 24.4 Å². The van der Waals surface area contributed by atoms with Crippen molar-refractivity contribution in [3.63, 3.8) is 0 Å². The summed E-state index contributed by atoms with van der Waals surface area (Å²) < 4.78 is 0. The molecule has 1 aliphatic carbocycles. The van der Waals surface area contributed by atoms with E-state index in [1.807, 2.05) is 18.2 Å². The lowest BCUT2D eigenvalue weighted by Crippen LogP contribution is -2.34. The Balaban J connectivity index is 1.57. The third-order valence-corrected chi connectivity index (χ3v) is 6.29. The number of nitrogens with one attached hydrogen (secondary N) is 2. The quantitative estimate of drug-likeness (QED) is 0.595. The number of nitriles is 1. The van der Waals surface area contributed by atoms with Gasteiger partial charge in [-0.15, -0.1) is 0 Å². The number of likely N-dealkylation sites (tertiary alicyclic amines) is 1. The minimum Gasteiger partial charge on any atom is -0.326 e. The van der Waals surface area contributed by atoms with Crippen molar-refractivity contribution < 1.29 is 4.79 Å². The van der Waals surface area contributed by atoms with Crippen LogP contribution in [-0.2, 0) is 0 Å². The summed E-state index contributed by atoms with van der Waals surface area (Å²) >= 11 is 4.35. The van der Waals surface area contributed by atoms with Gasteiger partial charge >= 0.3 is 0 Å². The van der Waals surface area contributed by atoms with Gasteiger partial charge in [-0.2, -0.15) is 17.9 Å². The van der Waals surface area contributed by atoms with E-state index in [1.54, 1.807) is 0 Å². The predicted molar refractivity (Wildman–Crippen MR) is 124 cm³/mol. The van der Waals surface area contributed by atoms with Gasteiger partial charge in [0, 0.05) is 23.9 Å². The Bertz CT molecular complexity index is 1000. The van der Waals surface area contributed by atoms with Crippen molar-refractivity contribution in [2.24, 2.45) is 0 Å². The lowest BCUT2D eigenvalue weighted by Gasteiger charge is -2.31. The van der Waals surface area contributed by atoms with Crippen LogP contribution >= 0.6 is 12.6 Å². The summed E-state index contributed by atoms with van der Waals surface area (Å²) in [6.45, 7) is 3.18. The number of anilines is 1. The van der Waals surface area contributed by atoms with E-state index in [1.165, 1.54) is 18.2 Å². The van der Waals surface area contributed by atoms with Crippen LogP contribution in [-0.4, -0.2) is 51.1 Å². The zero-order chi connectivity index (χ0) is 21.6. The molecule has 1 saturated heterocycles. The number of aromatic amines is 1. The molecule has 0 radical (unpaired) electrons. The molecule has 1 aliphatic heterocycles. The van der Waals surface area contributed by atoms with Gasteiger partial charge in [0.1, 0.15) is 11.8 Å². The average molecular weight is 437 g/mol. The second-order valence-corrected chi connectivity index (χ2v) is 8.61. The number of nitrogens with zero attached hydrogens (tertiary/aromatic N) is 4. The van der Waals surface area contributed by atoms with Crippen LogP contribution in [0.1, 0.15) is 72.1 Å². The molecular formula is C23H28N6OS. The Labute approximate surface area is 188 Å². The second-order valence-electron chi connectivity index (χ2n) is 8.16. The molecule has 0 unspecified atom stereocenters. The molecule has 0 saturated carbocycles. The van der Waals surface area contributed by atoms with Crippen LogP contribution in [0.4, 0.5) is 5.69 Å². The predicted octanol–water partition coefficient (Wildman–Crippen LogP) is 4.00. The number of H-pyrrole nitrogens is 1. The fourth-order valence-corrected chi connectivity index (χ4v) is 4.65. The number of carbonyl (C=O) groups excluding carboxylic acids is 1. The Morgan fingerprint density at radius 3 is 2.84 bits per heavy atom. The number of aromatic nitrogens is 3. The van der Waals surface area contributed by atoms with E-state index in [0.29, 0.717) is 11.6 Å². The number of allylic oxidation sites excluding steroid dienone is 2. The third kappa shape index (κ3) is 5.17. The lowest BCUT2D eigenvalue weighted by atomic mass is 9.91. The highest BCUT2D eigenvalue weighted by molar-refractivity contribution is 7.80. The summed E-state index contributed by atoms with van der Waals surface area (Å²) in [6, 6.07) is 5.97. The summed E-state index contributed by atoms with van der Waals surface area (Å²) in [5.41, 5.74) is 4.14. The normalized spacial score (nSPS) is 17.7. The first-order valence-electron chi connectivity index (χ1n) is 11.0. The number of thiol groups is 1. The van der Waals surface area contributed by atoms with Crippen molar-refractivity contribution in [2.45, 2.75) is 44.4 Å². The molecule has 0 bridgehead atoms. The first-order chi connectivity index (χ1) is 15.2. The molecule has 2 aliphatic rings. The van der Waals surface area contributed by atoms with Gasteiger partial charge in [0.05, 0.1) is 17.6 Å². The number of carbonyl (C=O) groups is 1. The first-order valence-corrected chi connectivity index (χ1v) is 11.6. The van der Waals surface area contributed by atoms with Crippen LogP contribution < -0.4 is 5.32 Å². The van der Waals surface area contributed by atoms with E-state index in [0.717, 1.165) is 68.9 Å². The number of imidazole rings is 1. The molecular weight excluding hydrogens is 408 g/mol. The van der Waals surface area contributed by atoms with Crippen LogP contribution in [0.3, 0.4) is 0 Å². The van der Waals surface area contributed by atoms with Crippen molar-refractivity contribution in [2.75, 3.05) is 30.7 Å². The monoisotopic (exact) mass is 436 g/mol. The standard InChI is InChI=1S/C23H28N6OS/c24-14-18-15-25-22(26-18)23(30)28-20-7-6-19(16-8-10-29(11-9-16)12-13-31)27-21(20)17-4-2-1-3-5-17/h4,6-7,15-16,31H,1-3,5,8-13H2,(H,25,26)(H,28,30). The molecule has 31 heavy (non-hydrogen) atoms. The fourth-order valence-electron chi connectivity index (χ4n) is 4.37. The van der Waals surface area contributed by atoms with Gasteiger partial charge in [-0.25, -0.2) is 4.98 Å². The Kier molecular flexibility index (Phi) is 7.05. The van der Waals surface area contributed by atoms with Gasteiger partial charge in [0.25, 0.3) is 5.91 Å². The van der Waals surface area contributed by atoms with E-state index in [9.17, 15) is 4.79 Å². The third-order valence-electron chi connectivity index (χ3n) is 6.09. The summed E-state index contributed by atoms with van der Waals surface area (Å²) in [7, 11) is 0. The van der Waals surface area contributed by atoms with E-state index in [4.69, 9.17) is 10.2 Å². The number of hydrogen-bond donors (Lipinski definition) is 3. The van der Waals surface area contributed by atoms with Crippen molar-refractivity contribution in [3.05, 3.63) is 47.3 Å². The highest BCUT2D eigenvalue weighted by atomic mass is 32.1. The molecule has 162 valence electrons. The summed E-state index contributed by atoms with van der Waals surface area (Å²) in [4.78, 5) is 26.9. The minimum atomic E-state index is -0.367. The summed E-state index contributed by atoms with van der Waals surface area (Å²) in [5, 5.41) is 11.9. The van der Waals surface area contributed by atoms with Crippen molar-refractivity contribution >= 4 is 29.8 Å². The van der Waals surface area contributed by atoms with Crippen molar-refractivity contribution in [1.82, 2.24) is 19.9 Å². The maximum atomic E-state index is 12.7. The van der Waals surface area contributed by atoms with Crippen LogP contribution in [0, 0.1) is 11.3 Å². The van der Waals surface area contributed by atoms with Gasteiger partial charge in [0.2, 0.25) is 0 Å². The molecule has 3 heterocycles. The lowest BCUT2D eigenvalue weighted by molar-refractivity contribution is 0.101. The smallest absolute Gasteiger partial charge is 0.291 e. The topological polar surface area (TPSA) is 97.7 Å². The van der Waals surface area contributed by atoms with Crippen molar-refractivity contribution in [3.8, 4) is 6.07 Å². The van der Waals surface area contributed by atoms with Gasteiger partial charge in [0.15, 0.2) is 5.82 Å². The van der Waals surface area contributed by atoms with Gasteiger partial charge in [-0.05, 0) is 69.3 Å². The molecule has 8 heteroatoms. The minimum absolute atomic E-state index is 0.126. The van der Waals surface area contributed by atoms with Crippen molar-refractivity contribution in [1.29, 1.82) is 5.26 Å². The van der Waals surface area contributed by atoms with E-state index >= 15 is 0 Å². The highest BCUT2D eigenvalue weighted by Gasteiger charge is 2.24. The largest absolute Gasteiger partial charge is 0.326 e. The van der Waals surface area contributed by atoms with E-state index < -0.39 is 0 Å². The van der Waals surface area contributed by atoms with Crippen LogP contribution in [0.5, 0.6) is 0 Å². The fraction of sp³-hybridized carbons (Fsp3) is 0.478. The number of piperidine rings is 1. The second kappa shape index (κ2) is 10.1. The molecule has 2 aromatic rings. The number of hydrogen-bond acceptors (Lipinski definition) is 6. The number of pyridine rings is 1. The number of amides is 1. The van der Waals surface area contributed by atoms with E-state index in [2.05, 4.69) is 38.9 Å². The Morgan fingerprint density at radius 2 is 2.16 bits per heavy atom. The first kappa shape index (κ1) is 21.6. The molecule has 2 N–H and O–H groups in total. The Morgan fingerprint density at radius 1 is 1.32 bits per heavy atom. The molecule has 2 aromatic heterocycles. The Hall–Kier alpha value is -2.63. The average Bonchev–Trinajstić information content (AvgIpc) is 3.30. The molecule has 7 nitrogen and oxygen atoms in total. The van der Waals surface area contributed by atoms with Gasteiger partial charge in [-0.1, -0.05) is 6.08 Å². The zero-order valence-electron chi connectivity index (χ0n) is 17.6. The molecule has 0 atom stereocenters. The molecule has 0 aromatic carbocycles. The molecule has 0 spiro atoms. The summed E-state index contributed by atoms with van der Waals surface area (Å²) in [5.74, 6) is 1.09. The SMILES string of the molecule is N#Cc1cnc(C(=O)Nc2ccc(C3CCN(CCS)CC3)nc2C2=CCCCC2)[nH]1. The molecule has 1 fully saturated rings. The van der Waals surface area contributed by atoms with Gasteiger partial charge < -0.3 is 15.2 Å². The maximum absolute atomic E-state index is 12.7. The van der Waals surface area contributed by atoms with Gasteiger partial charge in [-0.3, -0.25) is 9.78 Å². The molecule has 1 amide bonds.